The molecular formula is C25H30N6O2. The van der Waals surface area contributed by atoms with Gasteiger partial charge in [-0.1, -0.05) is 6.92 Å². The predicted octanol–water partition coefficient (Wildman–Crippen LogP) is 2.48. The number of aromatic nitrogens is 3. The van der Waals surface area contributed by atoms with E-state index < -0.39 is 0 Å². The number of rotatable bonds is 5. The Morgan fingerprint density at radius 3 is 2.76 bits per heavy atom. The molecule has 2 N–H and O–H groups in total. The zero-order valence-electron chi connectivity index (χ0n) is 19.2. The number of anilines is 1. The summed E-state index contributed by atoms with van der Waals surface area (Å²) in [5.74, 6) is -0.165. The number of carbonyl (C=O) groups excluding carboxylic acids is 1. The van der Waals surface area contributed by atoms with Crippen LogP contribution in [0, 0.1) is 0 Å². The fraction of sp³-hybridized carbons (Fsp3) is 0.440. The third-order valence-corrected chi connectivity index (χ3v) is 7.07. The first-order valence-corrected chi connectivity index (χ1v) is 11.8. The van der Waals surface area contributed by atoms with Crippen molar-refractivity contribution in [2.24, 2.45) is 0 Å². The number of H-pyrrole nitrogens is 1. The number of nitrogens with zero attached hydrogens (tertiary/aromatic N) is 4. The number of hydrogen-bond donors (Lipinski definition) is 2. The van der Waals surface area contributed by atoms with Gasteiger partial charge >= 0.3 is 0 Å². The number of aryl methyl sites for hydroxylation is 1. The van der Waals surface area contributed by atoms with E-state index in [0.29, 0.717) is 24.2 Å². The van der Waals surface area contributed by atoms with Crippen molar-refractivity contribution in [3.63, 3.8) is 0 Å². The van der Waals surface area contributed by atoms with Gasteiger partial charge in [-0.3, -0.25) is 19.5 Å². The second-order valence-corrected chi connectivity index (χ2v) is 8.96. The monoisotopic (exact) mass is 446 g/mol. The molecule has 8 heteroatoms. The van der Waals surface area contributed by atoms with Gasteiger partial charge in [0.2, 0.25) is 0 Å². The molecule has 1 aliphatic carbocycles. The topological polar surface area (TPSA) is 94.2 Å². The number of nitrogens with one attached hydrogen (secondary N) is 2. The van der Waals surface area contributed by atoms with Gasteiger partial charge in [-0.2, -0.15) is 0 Å². The summed E-state index contributed by atoms with van der Waals surface area (Å²) >= 11 is 0. The predicted molar refractivity (Wildman–Crippen MR) is 129 cm³/mol. The van der Waals surface area contributed by atoms with E-state index in [1.807, 2.05) is 31.5 Å². The Labute approximate surface area is 193 Å². The molecule has 0 spiro atoms. The van der Waals surface area contributed by atoms with Gasteiger partial charge in [0.1, 0.15) is 5.69 Å². The Morgan fingerprint density at radius 2 is 2.00 bits per heavy atom. The van der Waals surface area contributed by atoms with Crippen molar-refractivity contribution in [1.29, 1.82) is 0 Å². The van der Waals surface area contributed by atoms with Gasteiger partial charge in [0.25, 0.3) is 11.5 Å². The van der Waals surface area contributed by atoms with E-state index in [0.717, 1.165) is 53.9 Å². The Morgan fingerprint density at radius 1 is 1.15 bits per heavy atom. The zero-order chi connectivity index (χ0) is 22.9. The molecule has 0 bridgehead atoms. The maximum atomic E-state index is 12.2. The van der Waals surface area contributed by atoms with Crippen LogP contribution in [0.25, 0.3) is 11.0 Å². The quantitative estimate of drug-likeness (QED) is 0.625. The van der Waals surface area contributed by atoms with Crippen LogP contribution < -0.4 is 15.8 Å². The van der Waals surface area contributed by atoms with E-state index in [-0.39, 0.29) is 11.5 Å². The summed E-state index contributed by atoms with van der Waals surface area (Å²) < 4.78 is 0. The minimum Gasteiger partial charge on any atom is -0.364 e. The van der Waals surface area contributed by atoms with E-state index in [4.69, 9.17) is 0 Å². The first kappa shape index (κ1) is 21.6. The number of fused-ring (bicyclic) bond motifs is 2. The highest BCUT2D eigenvalue weighted by Gasteiger charge is 2.39. The van der Waals surface area contributed by atoms with Crippen molar-refractivity contribution in [3.8, 4) is 0 Å². The molecule has 1 unspecified atom stereocenters. The molecule has 2 aliphatic rings. The first-order valence-electron chi connectivity index (χ1n) is 11.8. The summed E-state index contributed by atoms with van der Waals surface area (Å²) in [6.45, 7) is 4.67. The standard InChI is InChI=1S/C25H30N6O2/c1-3-17-12-20-21(29-24(17)32)11-16(13-27-20)15-30-9-10-31(23-6-4-5-22(23)30)18-7-8-19(28-14-18)25(33)26-2/h7-8,11-14,22-23H,3-6,9-10,15H2,1-2H3,(H,26,33)(H,29,32)/t22-,23?/m0/s1. The third-order valence-electron chi connectivity index (χ3n) is 7.07. The summed E-state index contributed by atoms with van der Waals surface area (Å²) in [6, 6.07) is 8.68. The normalized spacial score (nSPS) is 20.7. The number of amides is 1. The van der Waals surface area contributed by atoms with Gasteiger partial charge in [-0.15, -0.1) is 0 Å². The molecule has 4 heterocycles. The summed E-state index contributed by atoms with van der Waals surface area (Å²) in [4.78, 5) is 41.1. The molecule has 0 radical (unpaired) electrons. The van der Waals surface area contributed by atoms with E-state index in [1.165, 1.54) is 12.8 Å². The summed E-state index contributed by atoms with van der Waals surface area (Å²) in [7, 11) is 1.62. The van der Waals surface area contributed by atoms with Crippen LogP contribution in [0.5, 0.6) is 0 Å². The Hall–Kier alpha value is -3.26. The highest BCUT2D eigenvalue weighted by atomic mass is 16.1. The second kappa shape index (κ2) is 8.94. The maximum absolute atomic E-state index is 12.2. The van der Waals surface area contributed by atoms with Crippen LogP contribution in [-0.2, 0) is 13.0 Å². The Balaban J connectivity index is 1.33. The van der Waals surface area contributed by atoms with E-state index in [2.05, 4.69) is 36.1 Å². The van der Waals surface area contributed by atoms with Crippen LogP contribution in [0.3, 0.4) is 0 Å². The van der Waals surface area contributed by atoms with Gasteiger partial charge in [-0.05, 0) is 55.5 Å². The largest absolute Gasteiger partial charge is 0.364 e. The van der Waals surface area contributed by atoms with Crippen molar-refractivity contribution in [3.05, 3.63) is 63.8 Å². The van der Waals surface area contributed by atoms with E-state index in [1.54, 1.807) is 13.1 Å². The van der Waals surface area contributed by atoms with Crippen molar-refractivity contribution in [2.75, 3.05) is 25.0 Å². The minimum absolute atomic E-state index is 0.0236. The van der Waals surface area contributed by atoms with Crippen molar-refractivity contribution in [2.45, 2.75) is 51.2 Å². The average Bonchev–Trinajstić information content (AvgIpc) is 3.34. The van der Waals surface area contributed by atoms with Crippen LogP contribution in [-0.4, -0.2) is 58.0 Å². The lowest BCUT2D eigenvalue weighted by molar-refractivity contribution is 0.0958. The Kier molecular flexibility index (Phi) is 5.85. The first-order chi connectivity index (χ1) is 16.1. The molecule has 3 aromatic heterocycles. The number of aromatic amines is 1. The molecule has 1 amide bonds. The zero-order valence-corrected chi connectivity index (χ0v) is 19.2. The third kappa shape index (κ3) is 4.11. The summed E-state index contributed by atoms with van der Waals surface area (Å²) in [5, 5.41) is 2.62. The van der Waals surface area contributed by atoms with Gasteiger partial charge in [0.05, 0.1) is 22.9 Å². The lowest BCUT2D eigenvalue weighted by atomic mass is 10.0. The van der Waals surface area contributed by atoms with Gasteiger partial charge in [0.15, 0.2) is 0 Å². The molecule has 172 valence electrons. The number of pyridine rings is 3. The molecule has 5 rings (SSSR count). The second-order valence-electron chi connectivity index (χ2n) is 8.96. The molecule has 0 aromatic carbocycles. The fourth-order valence-electron chi connectivity index (χ4n) is 5.36. The van der Waals surface area contributed by atoms with Gasteiger partial charge in [0, 0.05) is 50.5 Å². The lowest BCUT2D eigenvalue weighted by Gasteiger charge is -2.46. The van der Waals surface area contributed by atoms with Crippen molar-refractivity contribution >= 4 is 22.6 Å². The molecule has 3 aromatic rings. The average molecular weight is 447 g/mol. The number of carbonyl (C=O) groups is 1. The summed E-state index contributed by atoms with van der Waals surface area (Å²) in [5.41, 5.74) is 5.03. The molecule has 8 nitrogen and oxygen atoms in total. The number of hydrogen-bond acceptors (Lipinski definition) is 6. The molecule has 33 heavy (non-hydrogen) atoms. The van der Waals surface area contributed by atoms with Crippen LogP contribution >= 0.6 is 0 Å². The molecule has 1 aliphatic heterocycles. The molecular weight excluding hydrogens is 416 g/mol. The van der Waals surface area contributed by atoms with Crippen LogP contribution in [0.15, 0.2) is 41.5 Å². The molecule has 1 saturated heterocycles. The van der Waals surface area contributed by atoms with Crippen molar-refractivity contribution < 1.29 is 4.79 Å². The van der Waals surface area contributed by atoms with Crippen LogP contribution in [0.1, 0.15) is 47.8 Å². The molecule has 2 atom stereocenters. The highest BCUT2D eigenvalue weighted by molar-refractivity contribution is 5.92. The molecule has 2 fully saturated rings. The fourth-order valence-corrected chi connectivity index (χ4v) is 5.36. The highest BCUT2D eigenvalue weighted by Crippen LogP contribution is 2.35. The van der Waals surface area contributed by atoms with Crippen LogP contribution in [0.2, 0.25) is 0 Å². The van der Waals surface area contributed by atoms with E-state index in [9.17, 15) is 9.59 Å². The minimum atomic E-state index is -0.165. The van der Waals surface area contributed by atoms with Crippen molar-refractivity contribution in [1.82, 2.24) is 25.2 Å². The SMILES string of the molecule is CCc1cc2ncc(CN3CCN(c4ccc(C(=O)NC)nc4)C4CCC[C@@H]43)cc2[nH]c1=O. The summed E-state index contributed by atoms with van der Waals surface area (Å²) in [6.07, 6.45) is 7.99. The van der Waals surface area contributed by atoms with Crippen LogP contribution in [0.4, 0.5) is 5.69 Å². The smallest absolute Gasteiger partial charge is 0.269 e. The van der Waals surface area contributed by atoms with Gasteiger partial charge in [-0.25, -0.2) is 4.98 Å². The van der Waals surface area contributed by atoms with Gasteiger partial charge < -0.3 is 15.2 Å². The Bertz CT molecular complexity index is 1220. The number of piperazine rings is 1. The lowest BCUT2D eigenvalue weighted by Crippen LogP contribution is -2.57. The molecule has 1 saturated carbocycles. The van der Waals surface area contributed by atoms with E-state index >= 15 is 0 Å². The maximum Gasteiger partial charge on any atom is 0.269 e.